The SMILES string of the molecule is Cc1ccc(CN(CCN(C)C)S(=O)(=O)c2ccc(Br)s2)o1. The Bertz CT molecular complexity index is 722. The quantitative estimate of drug-likeness (QED) is 0.708. The molecular formula is C14H19BrN2O3S2. The van der Waals surface area contributed by atoms with Gasteiger partial charge in [0.05, 0.1) is 10.3 Å². The van der Waals surface area contributed by atoms with Gasteiger partial charge in [-0.2, -0.15) is 4.31 Å². The number of nitrogens with zero attached hydrogens (tertiary/aromatic N) is 2. The minimum atomic E-state index is -3.53. The van der Waals surface area contributed by atoms with E-state index >= 15 is 0 Å². The number of hydrogen-bond acceptors (Lipinski definition) is 5. The third-order valence-electron chi connectivity index (χ3n) is 3.07. The van der Waals surface area contributed by atoms with Crippen LogP contribution in [0.5, 0.6) is 0 Å². The Kier molecular flexibility index (Phi) is 5.84. The van der Waals surface area contributed by atoms with Gasteiger partial charge in [0, 0.05) is 13.1 Å². The van der Waals surface area contributed by atoms with Crippen molar-refractivity contribution in [3.05, 3.63) is 39.6 Å². The first kappa shape index (κ1) is 17.7. The largest absolute Gasteiger partial charge is 0.465 e. The number of aryl methyl sites for hydroxylation is 1. The van der Waals surface area contributed by atoms with Gasteiger partial charge >= 0.3 is 0 Å². The Morgan fingerprint density at radius 3 is 2.41 bits per heavy atom. The van der Waals surface area contributed by atoms with Crippen molar-refractivity contribution in [2.75, 3.05) is 27.2 Å². The van der Waals surface area contributed by atoms with Crippen LogP contribution in [0.3, 0.4) is 0 Å². The molecule has 0 unspecified atom stereocenters. The maximum atomic E-state index is 12.8. The lowest BCUT2D eigenvalue weighted by Crippen LogP contribution is -2.35. The first-order valence-corrected chi connectivity index (χ1v) is 9.79. The Labute approximate surface area is 143 Å². The average Bonchev–Trinajstić information content (AvgIpc) is 3.03. The predicted octanol–water partition coefficient (Wildman–Crippen LogP) is 3.16. The Morgan fingerprint density at radius 1 is 1.18 bits per heavy atom. The molecule has 0 aliphatic heterocycles. The molecule has 0 aromatic carbocycles. The van der Waals surface area contributed by atoms with E-state index in [0.717, 1.165) is 9.55 Å². The molecule has 0 amide bonds. The summed E-state index contributed by atoms with van der Waals surface area (Å²) in [5.74, 6) is 1.43. The van der Waals surface area contributed by atoms with E-state index in [9.17, 15) is 8.42 Å². The number of hydrogen-bond donors (Lipinski definition) is 0. The molecule has 22 heavy (non-hydrogen) atoms. The molecule has 0 N–H and O–H groups in total. The van der Waals surface area contributed by atoms with Crippen LogP contribution in [0.15, 0.2) is 36.7 Å². The minimum absolute atomic E-state index is 0.236. The van der Waals surface area contributed by atoms with Gasteiger partial charge in [-0.25, -0.2) is 8.42 Å². The van der Waals surface area contributed by atoms with E-state index in [0.29, 0.717) is 23.1 Å². The zero-order chi connectivity index (χ0) is 16.3. The molecule has 0 atom stereocenters. The van der Waals surface area contributed by atoms with Crippen molar-refractivity contribution in [2.45, 2.75) is 17.7 Å². The fourth-order valence-corrected chi connectivity index (χ4v) is 5.46. The molecule has 0 spiro atoms. The molecule has 5 nitrogen and oxygen atoms in total. The summed E-state index contributed by atoms with van der Waals surface area (Å²) >= 11 is 4.53. The Hall–Kier alpha value is -0.670. The van der Waals surface area contributed by atoms with Gasteiger partial charge < -0.3 is 9.32 Å². The molecule has 0 radical (unpaired) electrons. The molecule has 2 aromatic rings. The highest BCUT2D eigenvalue weighted by Gasteiger charge is 2.27. The van der Waals surface area contributed by atoms with E-state index in [-0.39, 0.29) is 6.54 Å². The molecule has 2 heterocycles. The van der Waals surface area contributed by atoms with Crippen molar-refractivity contribution in [3.8, 4) is 0 Å². The number of halogens is 1. The standard InChI is InChI=1S/C14H19BrN2O3S2/c1-11-4-5-12(20-11)10-17(9-8-16(2)3)22(18,19)14-7-6-13(15)21-14/h4-7H,8-10H2,1-3H3. The van der Waals surface area contributed by atoms with Gasteiger partial charge in [-0.3, -0.25) is 0 Å². The van der Waals surface area contributed by atoms with Crippen molar-refractivity contribution in [2.24, 2.45) is 0 Å². The van der Waals surface area contributed by atoms with Crippen LogP contribution in [-0.4, -0.2) is 44.8 Å². The summed E-state index contributed by atoms with van der Waals surface area (Å²) < 4.78 is 33.8. The van der Waals surface area contributed by atoms with Gasteiger partial charge in [0.2, 0.25) is 0 Å². The number of furan rings is 1. The maximum Gasteiger partial charge on any atom is 0.253 e. The molecular weight excluding hydrogens is 388 g/mol. The van der Waals surface area contributed by atoms with E-state index < -0.39 is 10.0 Å². The highest BCUT2D eigenvalue weighted by molar-refractivity contribution is 9.11. The van der Waals surface area contributed by atoms with E-state index in [1.165, 1.54) is 15.6 Å². The first-order valence-electron chi connectivity index (χ1n) is 6.74. The second-order valence-corrected chi connectivity index (χ2v) is 9.84. The fourth-order valence-electron chi connectivity index (χ4n) is 1.90. The van der Waals surface area contributed by atoms with E-state index in [2.05, 4.69) is 15.9 Å². The van der Waals surface area contributed by atoms with Crippen LogP contribution in [0.25, 0.3) is 0 Å². The molecule has 0 fully saturated rings. The van der Waals surface area contributed by atoms with Crippen molar-refractivity contribution in [1.82, 2.24) is 9.21 Å². The summed E-state index contributed by atoms with van der Waals surface area (Å²) in [6.45, 7) is 3.13. The van der Waals surface area contributed by atoms with Crippen LogP contribution in [0.4, 0.5) is 0 Å². The maximum absolute atomic E-state index is 12.8. The molecule has 8 heteroatoms. The molecule has 0 aliphatic carbocycles. The van der Waals surface area contributed by atoms with Gasteiger partial charge in [-0.1, -0.05) is 0 Å². The van der Waals surface area contributed by atoms with Crippen LogP contribution >= 0.6 is 27.3 Å². The molecule has 0 aliphatic rings. The van der Waals surface area contributed by atoms with E-state index in [4.69, 9.17) is 4.42 Å². The topological polar surface area (TPSA) is 53.8 Å². The van der Waals surface area contributed by atoms with Gasteiger partial charge in [0.25, 0.3) is 10.0 Å². The second-order valence-electron chi connectivity index (χ2n) is 5.21. The normalized spacial score (nSPS) is 12.5. The van der Waals surface area contributed by atoms with Crippen LogP contribution < -0.4 is 0 Å². The summed E-state index contributed by atoms with van der Waals surface area (Å²) in [5.41, 5.74) is 0. The minimum Gasteiger partial charge on any atom is -0.465 e. The van der Waals surface area contributed by atoms with Gasteiger partial charge in [0.1, 0.15) is 15.7 Å². The second kappa shape index (κ2) is 7.27. The number of rotatable bonds is 7. The summed E-state index contributed by atoms with van der Waals surface area (Å²) in [7, 11) is 0.311. The van der Waals surface area contributed by atoms with Crippen LogP contribution in [0.2, 0.25) is 0 Å². The lowest BCUT2D eigenvalue weighted by atomic mass is 10.4. The highest BCUT2D eigenvalue weighted by atomic mass is 79.9. The smallest absolute Gasteiger partial charge is 0.253 e. The fraction of sp³-hybridized carbons (Fsp3) is 0.429. The average molecular weight is 407 g/mol. The Morgan fingerprint density at radius 2 is 1.91 bits per heavy atom. The predicted molar refractivity (Wildman–Crippen MR) is 91.6 cm³/mol. The zero-order valence-corrected chi connectivity index (χ0v) is 16.0. The summed E-state index contributed by atoms with van der Waals surface area (Å²) in [5, 5.41) is 0. The van der Waals surface area contributed by atoms with Gasteiger partial charge in [-0.15, -0.1) is 11.3 Å². The molecule has 0 saturated heterocycles. The highest BCUT2D eigenvalue weighted by Crippen LogP contribution is 2.29. The lowest BCUT2D eigenvalue weighted by Gasteiger charge is -2.22. The lowest BCUT2D eigenvalue weighted by molar-refractivity contribution is 0.310. The molecule has 0 bridgehead atoms. The molecule has 2 aromatic heterocycles. The molecule has 2 rings (SSSR count). The van der Waals surface area contributed by atoms with Crippen LogP contribution in [0.1, 0.15) is 11.5 Å². The van der Waals surface area contributed by atoms with Crippen molar-refractivity contribution in [1.29, 1.82) is 0 Å². The first-order chi connectivity index (χ1) is 10.3. The van der Waals surface area contributed by atoms with Crippen molar-refractivity contribution < 1.29 is 12.8 Å². The van der Waals surface area contributed by atoms with Gasteiger partial charge in [0.15, 0.2) is 0 Å². The third kappa shape index (κ3) is 4.42. The third-order valence-corrected chi connectivity index (χ3v) is 7.00. The van der Waals surface area contributed by atoms with Crippen LogP contribution in [-0.2, 0) is 16.6 Å². The summed E-state index contributed by atoms with van der Waals surface area (Å²) in [4.78, 5) is 1.96. The Balaban J connectivity index is 2.26. The summed E-state index contributed by atoms with van der Waals surface area (Å²) in [6.07, 6.45) is 0. The zero-order valence-electron chi connectivity index (χ0n) is 12.7. The number of likely N-dealkylation sites (N-methyl/N-ethyl adjacent to an activating group) is 1. The summed E-state index contributed by atoms with van der Waals surface area (Å²) in [6, 6.07) is 7.03. The number of thiophene rings is 1. The monoisotopic (exact) mass is 406 g/mol. The molecule has 122 valence electrons. The van der Waals surface area contributed by atoms with E-state index in [1.807, 2.05) is 38.1 Å². The molecule has 0 saturated carbocycles. The van der Waals surface area contributed by atoms with Gasteiger partial charge in [-0.05, 0) is 61.2 Å². The van der Waals surface area contributed by atoms with Crippen molar-refractivity contribution in [3.63, 3.8) is 0 Å². The van der Waals surface area contributed by atoms with E-state index in [1.54, 1.807) is 12.1 Å². The van der Waals surface area contributed by atoms with Crippen molar-refractivity contribution >= 4 is 37.3 Å². The number of sulfonamides is 1. The van der Waals surface area contributed by atoms with Crippen LogP contribution in [0, 0.1) is 6.92 Å².